The predicted molar refractivity (Wildman–Crippen MR) is 122 cm³/mol. The van der Waals surface area contributed by atoms with Gasteiger partial charge >= 0.3 is 5.97 Å². The maximum Gasteiger partial charge on any atom is 0.309 e. The van der Waals surface area contributed by atoms with E-state index in [1.165, 1.54) is 0 Å². The highest BCUT2D eigenvalue weighted by molar-refractivity contribution is 5.79. The van der Waals surface area contributed by atoms with Crippen LogP contribution >= 0.6 is 0 Å². The number of methoxy groups -OCH3 is 1. The van der Waals surface area contributed by atoms with E-state index < -0.39 is 17.9 Å². The van der Waals surface area contributed by atoms with Crippen molar-refractivity contribution < 1.29 is 28.9 Å². The Kier molecular flexibility index (Phi) is 6.74. The van der Waals surface area contributed by atoms with Gasteiger partial charge in [0.25, 0.3) is 0 Å². The van der Waals surface area contributed by atoms with Gasteiger partial charge in [-0.3, -0.25) is 14.5 Å². The second kappa shape index (κ2) is 9.70. The molecule has 1 fully saturated rings. The van der Waals surface area contributed by atoms with Gasteiger partial charge in [0.1, 0.15) is 5.75 Å². The van der Waals surface area contributed by atoms with E-state index in [0.29, 0.717) is 36.3 Å². The maximum absolute atomic E-state index is 12.7. The van der Waals surface area contributed by atoms with Crippen LogP contribution in [0.1, 0.15) is 36.9 Å². The molecule has 0 spiro atoms. The molecule has 33 heavy (non-hydrogen) atoms. The first-order chi connectivity index (χ1) is 15.9. The van der Waals surface area contributed by atoms with Crippen molar-refractivity contribution in [3.05, 3.63) is 53.6 Å². The van der Waals surface area contributed by atoms with Crippen LogP contribution in [0.3, 0.4) is 0 Å². The highest BCUT2D eigenvalue weighted by atomic mass is 16.7. The Bertz CT molecular complexity index is 1010. The number of nitrogens with one attached hydrogen (secondary N) is 1. The number of aliphatic carboxylic acids is 1. The van der Waals surface area contributed by atoms with Crippen LogP contribution in [0.4, 0.5) is 0 Å². The highest BCUT2D eigenvalue weighted by Gasteiger charge is 2.48. The molecule has 0 radical (unpaired) electrons. The Morgan fingerprint density at radius 1 is 1.12 bits per heavy atom. The molecule has 3 atom stereocenters. The minimum absolute atomic E-state index is 0.113. The highest BCUT2D eigenvalue weighted by Crippen LogP contribution is 2.47. The van der Waals surface area contributed by atoms with E-state index in [2.05, 4.69) is 5.32 Å². The fourth-order valence-corrected chi connectivity index (χ4v) is 4.63. The van der Waals surface area contributed by atoms with Crippen LogP contribution in [0.25, 0.3) is 0 Å². The number of nitrogens with zero attached hydrogens (tertiary/aromatic N) is 1. The normalized spacial score (nSPS) is 21.9. The molecular weight excluding hydrogens is 424 g/mol. The summed E-state index contributed by atoms with van der Waals surface area (Å²) < 4.78 is 16.2. The van der Waals surface area contributed by atoms with Gasteiger partial charge in [-0.1, -0.05) is 32.0 Å². The first kappa shape index (κ1) is 22.9. The molecule has 2 heterocycles. The quantitative estimate of drug-likeness (QED) is 0.633. The molecule has 0 saturated carbocycles. The number of hydrogen-bond donors (Lipinski definition) is 2. The molecule has 2 aliphatic heterocycles. The lowest BCUT2D eigenvalue weighted by Gasteiger charge is -2.27. The third-order valence-electron chi connectivity index (χ3n) is 6.22. The zero-order chi connectivity index (χ0) is 23.5. The Morgan fingerprint density at radius 3 is 2.48 bits per heavy atom. The van der Waals surface area contributed by atoms with Crippen LogP contribution in [-0.4, -0.2) is 55.4 Å². The van der Waals surface area contributed by atoms with Gasteiger partial charge in [0, 0.05) is 25.0 Å². The SMILES string of the molecule is COc1ccc([C@@H]2[C@@H](C(=O)O)[C@@H](c3ccc4c(c3)OCO4)CN2CC(=O)NCC(C)C)cc1. The first-order valence-corrected chi connectivity index (χ1v) is 11.1. The van der Waals surface area contributed by atoms with E-state index in [1.807, 2.05) is 61.2 Å². The number of likely N-dealkylation sites (tertiary alicyclic amines) is 1. The van der Waals surface area contributed by atoms with Crippen LogP contribution in [-0.2, 0) is 9.59 Å². The molecule has 2 aromatic rings. The molecule has 8 heteroatoms. The van der Waals surface area contributed by atoms with Gasteiger partial charge in [-0.15, -0.1) is 0 Å². The van der Waals surface area contributed by atoms with Crippen molar-refractivity contribution in [3.8, 4) is 17.2 Å². The van der Waals surface area contributed by atoms with Crippen molar-refractivity contribution in [1.29, 1.82) is 0 Å². The summed E-state index contributed by atoms with van der Waals surface area (Å²) >= 11 is 0. The number of benzene rings is 2. The second-order valence-corrected chi connectivity index (χ2v) is 8.93. The number of amides is 1. The van der Waals surface area contributed by atoms with Crippen molar-refractivity contribution in [2.45, 2.75) is 25.8 Å². The van der Waals surface area contributed by atoms with Gasteiger partial charge in [0.05, 0.1) is 19.6 Å². The average Bonchev–Trinajstić information content (AvgIpc) is 3.42. The summed E-state index contributed by atoms with van der Waals surface area (Å²) in [6, 6.07) is 12.5. The summed E-state index contributed by atoms with van der Waals surface area (Å²) in [5.74, 6) is 0.223. The number of carboxylic acids is 1. The summed E-state index contributed by atoms with van der Waals surface area (Å²) in [7, 11) is 1.59. The van der Waals surface area contributed by atoms with Gasteiger partial charge in [0.2, 0.25) is 12.7 Å². The molecule has 1 saturated heterocycles. The van der Waals surface area contributed by atoms with Gasteiger partial charge in [-0.05, 0) is 41.3 Å². The minimum Gasteiger partial charge on any atom is -0.497 e. The van der Waals surface area contributed by atoms with E-state index in [0.717, 1.165) is 11.1 Å². The van der Waals surface area contributed by atoms with E-state index in [9.17, 15) is 14.7 Å². The summed E-state index contributed by atoms with van der Waals surface area (Å²) in [5.41, 5.74) is 1.69. The van der Waals surface area contributed by atoms with Crippen molar-refractivity contribution in [1.82, 2.24) is 10.2 Å². The van der Waals surface area contributed by atoms with E-state index in [-0.39, 0.29) is 25.2 Å². The van der Waals surface area contributed by atoms with Crippen molar-refractivity contribution in [2.75, 3.05) is 33.5 Å². The van der Waals surface area contributed by atoms with Crippen molar-refractivity contribution in [2.24, 2.45) is 11.8 Å². The number of carbonyl (C=O) groups excluding carboxylic acids is 1. The number of hydrogen-bond acceptors (Lipinski definition) is 6. The molecule has 2 aliphatic rings. The van der Waals surface area contributed by atoms with Crippen LogP contribution in [0.5, 0.6) is 17.2 Å². The Balaban J connectivity index is 1.68. The van der Waals surface area contributed by atoms with Crippen molar-refractivity contribution >= 4 is 11.9 Å². The van der Waals surface area contributed by atoms with Gasteiger partial charge < -0.3 is 24.6 Å². The van der Waals surface area contributed by atoms with E-state index in [1.54, 1.807) is 7.11 Å². The molecule has 0 aliphatic carbocycles. The van der Waals surface area contributed by atoms with Crippen LogP contribution in [0, 0.1) is 11.8 Å². The van der Waals surface area contributed by atoms with E-state index >= 15 is 0 Å². The van der Waals surface area contributed by atoms with Gasteiger partial charge in [-0.25, -0.2) is 0 Å². The minimum atomic E-state index is -0.899. The topological polar surface area (TPSA) is 97.3 Å². The molecule has 0 bridgehead atoms. The summed E-state index contributed by atoms with van der Waals surface area (Å²) in [4.78, 5) is 27.2. The molecule has 0 aromatic heterocycles. The Hall–Kier alpha value is -3.26. The molecule has 8 nitrogen and oxygen atoms in total. The molecule has 1 amide bonds. The molecule has 2 N–H and O–H groups in total. The largest absolute Gasteiger partial charge is 0.497 e. The number of carbonyl (C=O) groups is 2. The first-order valence-electron chi connectivity index (χ1n) is 11.1. The molecule has 4 rings (SSSR count). The Morgan fingerprint density at radius 2 is 1.82 bits per heavy atom. The van der Waals surface area contributed by atoms with Crippen LogP contribution in [0.15, 0.2) is 42.5 Å². The standard InChI is InChI=1S/C25H30N2O6/c1-15(2)11-26-22(28)13-27-12-19(17-6-9-20-21(10-17)33-14-32-20)23(25(29)30)24(27)16-4-7-18(31-3)8-5-16/h4-10,15,19,23-24H,11-14H2,1-3H3,(H,26,28)(H,29,30)/t19-,23+,24-/m1/s1. The number of fused-ring (bicyclic) bond motifs is 1. The van der Waals surface area contributed by atoms with Crippen molar-refractivity contribution in [3.63, 3.8) is 0 Å². The van der Waals surface area contributed by atoms with Crippen LogP contribution in [0.2, 0.25) is 0 Å². The number of rotatable bonds is 8. The lowest BCUT2D eigenvalue weighted by Crippen LogP contribution is -2.39. The number of carboxylic acid groups (broad SMARTS) is 1. The molecule has 0 unspecified atom stereocenters. The van der Waals surface area contributed by atoms with Crippen LogP contribution < -0.4 is 19.5 Å². The smallest absolute Gasteiger partial charge is 0.309 e. The van der Waals surface area contributed by atoms with E-state index in [4.69, 9.17) is 14.2 Å². The molecule has 176 valence electrons. The van der Waals surface area contributed by atoms with Gasteiger partial charge in [0.15, 0.2) is 11.5 Å². The summed E-state index contributed by atoms with van der Waals surface area (Å²) in [6.07, 6.45) is 0. The fraction of sp³-hybridized carbons (Fsp3) is 0.440. The number of ether oxygens (including phenoxy) is 3. The predicted octanol–water partition coefficient (Wildman–Crippen LogP) is 3.04. The zero-order valence-electron chi connectivity index (χ0n) is 19.1. The fourth-order valence-electron chi connectivity index (χ4n) is 4.63. The van der Waals surface area contributed by atoms with Gasteiger partial charge in [-0.2, -0.15) is 0 Å². The lowest BCUT2D eigenvalue weighted by molar-refractivity contribution is -0.143. The molecule has 2 aromatic carbocycles. The molecular formula is C25H30N2O6. The summed E-state index contributed by atoms with van der Waals surface area (Å²) in [6.45, 7) is 5.35. The maximum atomic E-state index is 12.7. The summed E-state index contributed by atoms with van der Waals surface area (Å²) in [5, 5.41) is 13.2. The Labute approximate surface area is 193 Å². The second-order valence-electron chi connectivity index (χ2n) is 8.93. The lowest BCUT2D eigenvalue weighted by atomic mass is 9.82. The zero-order valence-corrected chi connectivity index (χ0v) is 19.1. The monoisotopic (exact) mass is 454 g/mol. The third kappa shape index (κ3) is 4.90. The average molecular weight is 455 g/mol. The third-order valence-corrected chi connectivity index (χ3v) is 6.22.